The average molecular weight is 287 g/mol. The third kappa shape index (κ3) is 2.31. The van der Waals surface area contributed by atoms with E-state index in [1.807, 2.05) is 0 Å². The van der Waals surface area contributed by atoms with Crippen LogP contribution in [0.4, 0.5) is 4.39 Å². The number of halogens is 1. The molecule has 0 bridgehead atoms. The van der Waals surface area contributed by atoms with E-state index in [2.05, 4.69) is 0 Å². The molecule has 0 saturated heterocycles. The highest BCUT2D eigenvalue weighted by Crippen LogP contribution is 2.42. The van der Waals surface area contributed by atoms with Crippen molar-refractivity contribution in [3.63, 3.8) is 0 Å². The number of rotatable bonds is 2. The molecule has 2 aromatic carbocycles. The van der Waals surface area contributed by atoms with Crippen molar-refractivity contribution in [2.45, 2.75) is 6.10 Å². The molecule has 0 radical (unpaired) electrons. The molecule has 1 aliphatic rings. The Morgan fingerprint density at radius 3 is 2.57 bits per heavy atom. The standard InChI is InChI=1S/C15H10FNO4/c16-11-6-4-9(5-7-11)14-12(17(19)20)8-10-2-1-3-13(18)15(10)21-14/h1-8,14,18H. The second-order valence-corrected chi connectivity index (χ2v) is 4.57. The van der Waals surface area contributed by atoms with Crippen molar-refractivity contribution in [3.8, 4) is 11.5 Å². The van der Waals surface area contributed by atoms with Crippen LogP contribution in [0, 0.1) is 15.9 Å². The number of nitro groups is 1. The van der Waals surface area contributed by atoms with E-state index in [1.54, 1.807) is 12.1 Å². The van der Waals surface area contributed by atoms with Crippen molar-refractivity contribution in [2.24, 2.45) is 0 Å². The Kier molecular flexibility index (Phi) is 3.06. The third-order valence-electron chi connectivity index (χ3n) is 3.22. The summed E-state index contributed by atoms with van der Waals surface area (Å²) in [5.74, 6) is -0.361. The molecule has 3 rings (SSSR count). The van der Waals surface area contributed by atoms with Crippen LogP contribution >= 0.6 is 0 Å². The first-order valence-corrected chi connectivity index (χ1v) is 6.16. The van der Waals surface area contributed by atoms with Crippen LogP contribution < -0.4 is 4.74 Å². The molecule has 5 nitrogen and oxygen atoms in total. The molecule has 1 unspecified atom stereocenters. The number of aromatic hydroxyl groups is 1. The van der Waals surface area contributed by atoms with Crippen LogP contribution in [0.1, 0.15) is 17.2 Å². The van der Waals surface area contributed by atoms with Crippen molar-refractivity contribution >= 4 is 6.08 Å². The number of fused-ring (bicyclic) bond motifs is 1. The zero-order valence-electron chi connectivity index (χ0n) is 10.7. The molecule has 21 heavy (non-hydrogen) atoms. The number of nitrogens with zero attached hydrogens (tertiary/aromatic N) is 1. The van der Waals surface area contributed by atoms with Crippen LogP contribution in [0.15, 0.2) is 48.2 Å². The predicted octanol–water partition coefficient (Wildman–Crippen LogP) is 3.28. The van der Waals surface area contributed by atoms with Gasteiger partial charge in [-0.25, -0.2) is 4.39 Å². The highest BCUT2D eigenvalue weighted by atomic mass is 19.1. The van der Waals surface area contributed by atoms with Gasteiger partial charge in [-0.05, 0) is 18.2 Å². The normalized spacial score (nSPS) is 16.6. The second-order valence-electron chi connectivity index (χ2n) is 4.57. The number of phenolic OH excluding ortho intramolecular Hbond substituents is 1. The smallest absolute Gasteiger partial charge is 0.291 e. The minimum atomic E-state index is -0.999. The molecule has 2 aromatic rings. The average Bonchev–Trinajstić information content (AvgIpc) is 2.47. The van der Waals surface area contributed by atoms with Gasteiger partial charge in [-0.15, -0.1) is 0 Å². The maximum absolute atomic E-state index is 13.0. The van der Waals surface area contributed by atoms with Gasteiger partial charge < -0.3 is 9.84 Å². The Hall–Kier alpha value is -2.89. The Bertz CT molecular complexity index is 740. The van der Waals surface area contributed by atoms with Crippen LogP contribution in [0.2, 0.25) is 0 Å². The van der Waals surface area contributed by atoms with E-state index < -0.39 is 16.8 Å². The summed E-state index contributed by atoms with van der Waals surface area (Å²) in [4.78, 5) is 10.7. The third-order valence-corrected chi connectivity index (χ3v) is 3.22. The Balaban J connectivity index is 2.11. The molecule has 1 atom stereocenters. The topological polar surface area (TPSA) is 72.6 Å². The fourth-order valence-electron chi connectivity index (χ4n) is 2.22. The van der Waals surface area contributed by atoms with Crippen molar-refractivity contribution in [1.82, 2.24) is 0 Å². The molecule has 6 heteroatoms. The van der Waals surface area contributed by atoms with Crippen LogP contribution in [0.3, 0.4) is 0 Å². The minimum absolute atomic E-state index is 0.0988. The van der Waals surface area contributed by atoms with Crippen LogP contribution in [0.5, 0.6) is 11.5 Å². The molecule has 1 heterocycles. The maximum atomic E-state index is 13.0. The molecule has 1 aliphatic heterocycles. The fourth-order valence-corrected chi connectivity index (χ4v) is 2.22. The van der Waals surface area contributed by atoms with Crippen molar-refractivity contribution in [2.75, 3.05) is 0 Å². The van der Waals surface area contributed by atoms with Crippen molar-refractivity contribution in [3.05, 3.63) is 75.2 Å². The Morgan fingerprint density at radius 1 is 1.19 bits per heavy atom. The van der Waals surface area contributed by atoms with Crippen LogP contribution in [-0.2, 0) is 0 Å². The number of benzene rings is 2. The van der Waals surface area contributed by atoms with E-state index in [1.165, 1.54) is 36.4 Å². The largest absolute Gasteiger partial charge is 0.504 e. The summed E-state index contributed by atoms with van der Waals surface area (Å²) in [5.41, 5.74) is 0.702. The lowest BCUT2D eigenvalue weighted by molar-refractivity contribution is -0.434. The summed E-state index contributed by atoms with van der Waals surface area (Å²) >= 11 is 0. The van der Waals surface area contributed by atoms with Crippen molar-refractivity contribution in [1.29, 1.82) is 0 Å². The zero-order chi connectivity index (χ0) is 15.0. The lowest BCUT2D eigenvalue weighted by Crippen LogP contribution is -2.19. The van der Waals surface area contributed by atoms with Gasteiger partial charge in [0.1, 0.15) is 5.82 Å². The molecular formula is C15H10FNO4. The van der Waals surface area contributed by atoms with E-state index in [9.17, 15) is 19.6 Å². The van der Waals surface area contributed by atoms with Crippen LogP contribution in [0.25, 0.3) is 6.08 Å². The Morgan fingerprint density at radius 2 is 1.90 bits per heavy atom. The molecule has 106 valence electrons. The molecule has 0 spiro atoms. The number of hydrogen-bond donors (Lipinski definition) is 1. The first-order chi connectivity index (χ1) is 10.1. The molecular weight excluding hydrogens is 277 g/mol. The molecule has 0 aromatic heterocycles. The first kappa shape index (κ1) is 13.1. The highest BCUT2D eigenvalue weighted by molar-refractivity contribution is 5.66. The van der Waals surface area contributed by atoms with Gasteiger partial charge in [0.05, 0.1) is 4.92 Å². The fraction of sp³-hybridized carbons (Fsp3) is 0.0667. The van der Waals surface area contributed by atoms with E-state index in [0.717, 1.165) is 0 Å². The highest BCUT2D eigenvalue weighted by Gasteiger charge is 2.34. The summed E-state index contributed by atoms with van der Waals surface area (Å²) in [6.07, 6.45) is 0.355. The lowest BCUT2D eigenvalue weighted by atomic mass is 10.0. The zero-order valence-corrected chi connectivity index (χ0v) is 10.7. The summed E-state index contributed by atoms with van der Waals surface area (Å²) in [5, 5.41) is 21.0. The van der Waals surface area contributed by atoms with Gasteiger partial charge in [-0.1, -0.05) is 24.3 Å². The lowest BCUT2D eigenvalue weighted by Gasteiger charge is -2.23. The van der Waals surface area contributed by atoms with Gasteiger partial charge in [-0.3, -0.25) is 10.1 Å². The second kappa shape index (κ2) is 4.90. The molecule has 0 aliphatic carbocycles. The van der Waals surface area contributed by atoms with Gasteiger partial charge in [0.25, 0.3) is 5.70 Å². The van der Waals surface area contributed by atoms with Crippen molar-refractivity contribution < 1.29 is 19.2 Å². The summed E-state index contributed by atoms with van der Waals surface area (Å²) < 4.78 is 18.6. The number of ether oxygens (including phenoxy) is 1. The quantitative estimate of drug-likeness (QED) is 0.679. The van der Waals surface area contributed by atoms with E-state index in [4.69, 9.17) is 4.74 Å². The number of phenols is 1. The van der Waals surface area contributed by atoms with Gasteiger partial charge in [-0.2, -0.15) is 0 Å². The predicted molar refractivity (Wildman–Crippen MR) is 72.8 cm³/mol. The molecule has 1 N–H and O–H groups in total. The van der Waals surface area contributed by atoms with E-state index in [0.29, 0.717) is 11.1 Å². The maximum Gasteiger partial charge on any atom is 0.291 e. The van der Waals surface area contributed by atoms with Gasteiger partial charge >= 0.3 is 0 Å². The van der Waals surface area contributed by atoms with Gasteiger partial charge in [0.2, 0.25) is 6.10 Å². The molecule has 0 fully saturated rings. The molecule has 0 saturated carbocycles. The SMILES string of the molecule is O=[N+]([O-])C1=Cc2cccc(O)c2OC1c1ccc(F)cc1. The summed E-state index contributed by atoms with van der Waals surface area (Å²) in [6, 6.07) is 9.87. The summed E-state index contributed by atoms with van der Waals surface area (Å²) in [7, 11) is 0. The monoisotopic (exact) mass is 287 g/mol. The number of hydrogen-bond acceptors (Lipinski definition) is 4. The number of para-hydroxylation sites is 1. The molecule has 0 amide bonds. The van der Waals surface area contributed by atoms with Gasteiger partial charge in [0.15, 0.2) is 11.5 Å². The first-order valence-electron chi connectivity index (χ1n) is 6.16. The van der Waals surface area contributed by atoms with Crippen LogP contribution in [-0.4, -0.2) is 10.0 Å². The van der Waals surface area contributed by atoms with Gasteiger partial charge in [0, 0.05) is 17.2 Å². The van der Waals surface area contributed by atoms with E-state index in [-0.39, 0.29) is 17.2 Å². The Labute approximate surface area is 119 Å². The van der Waals surface area contributed by atoms with E-state index >= 15 is 0 Å². The minimum Gasteiger partial charge on any atom is -0.504 e. The summed E-state index contributed by atoms with van der Waals surface area (Å²) in [6.45, 7) is 0.